The van der Waals surface area contributed by atoms with Gasteiger partial charge in [0.05, 0.1) is 0 Å². The van der Waals surface area contributed by atoms with Crippen LogP contribution in [0.25, 0.3) is 0 Å². The molecule has 1 aliphatic heterocycles. The molecule has 1 unspecified atom stereocenters. The minimum atomic E-state index is -0.832. The van der Waals surface area contributed by atoms with Gasteiger partial charge in [-0.2, -0.15) is 5.26 Å². The molecular weight excluding hydrogens is 156 g/mol. The van der Waals surface area contributed by atoms with Crippen LogP contribution < -0.4 is 15.2 Å². The molecule has 12 heavy (non-hydrogen) atoms. The molecule has 1 aromatic rings. The van der Waals surface area contributed by atoms with Crippen LogP contribution in [0.1, 0.15) is 0 Å². The summed E-state index contributed by atoms with van der Waals surface area (Å²) in [4.78, 5) is 0. The summed E-state index contributed by atoms with van der Waals surface area (Å²) in [7, 11) is 0. The Morgan fingerprint density at radius 2 is 2.08 bits per heavy atom. The van der Waals surface area contributed by atoms with Crippen LogP contribution >= 0.6 is 0 Å². The summed E-state index contributed by atoms with van der Waals surface area (Å²) in [5.74, 6) is 1.09. The van der Waals surface area contributed by atoms with Gasteiger partial charge in [0, 0.05) is 11.8 Å². The first-order valence-corrected chi connectivity index (χ1v) is 3.42. The maximum Gasteiger partial charge on any atom is 0.331 e. The lowest BCUT2D eigenvalue weighted by Gasteiger charge is -1.96. The Morgan fingerprint density at radius 1 is 1.33 bits per heavy atom. The zero-order chi connectivity index (χ0) is 8.55. The number of benzene rings is 1. The molecule has 0 fully saturated rings. The Kier molecular flexibility index (Phi) is 1.31. The fourth-order valence-corrected chi connectivity index (χ4v) is 1.02. The quantitative estimate of drug-likeness (QED) is 0.575. The van der Waals surface area contributed by atoms with Gasteiger partial charge in [-0.15, -0.1) is 0 Å². The number of nitrogens with zero attached hydrogens (tertiary/aromatic N) is 1. The van der Waals surface area contributed by atoms with Crippen LogP contribution in [-0.4, -0.2) is 6.29 Å². The predicted molar refractivity (Wildman–Crippen MR) is 41.5 cm³/mol. The van der Waals surface area contributed by atoms with Gasteiger partial charge in [-0.3, -0.25) is 0 Å². The number of rotatable bonds is 0. The van der Waals surface area contributed by atoms with Crippen molar-refractivity contribution >= 4 is 5.69 Å². The molecule has 2 N–H and O–H groups in total. The number of nitriles is 1. The normalized spacial score (nSPS) is 18.8. The summed E-state index contributed by atoms with van der Waals surface area (Å²) in [6, 6.07) is 6.86. The molecular formula is C8H6N2O2. The molecule has 4 heteroatoms. The van der Waals surface area contributed by atoms with E-state index in [1.807, 2.05) is 6.07 Å². The van der Waals surface area contributed by atoms with Gasteiger partial charge >= 0.3 is 6.29 Å². The maximum absolute atomic E-state index is 8.48. The van der Waals surface area contributed by atoms with Crippen molar-refractivity contribution in [1.29, 1.82) is 5.26 Å². The Morgan fingerprint density at radius 3 is 2.83 bits per heavy atom. The van der Waals surface area contributed by atoms with Crippen LogP contribution in [0.4, 0.5) is 5.69 Å². The summed E-state index contributed by atoms with van der Waals surface area (Å²) in [6.45, 7) is 0. The standard InChI is InChI=1S/C8H6N2O2/c9-4-8-11-6-2-1-5(10)3-7(6)12-8/h1-3,8H,10H2. The number of anilines is 1. The number of hydrogen-bond acceptors (Lipinski definition) is 4. The van der Waals surface area contributed by atoms with E-state index in [1.54, 1.807) is 18.2 Å². The molecule has 0 aliphatic carbocycles. The molecule has 0 bridgehead atoms. The van der Waals surface area contributed by atoms with Crippen molar-refractivity contribution in [3.63, 3.8) is 0 Å². The van der Waals surface area contributed by atoms with Gasteiger partial charge in [0.2, 0.25) is 0 Å². The molecule has 0 spiro atoms. The topological polar surface area (TPSA) is 68.3 Å². The summed E-state index contributed by atoms with van der Waals surface area (Å²) < 4.78 is 10.1. The molecule has 4 nitrogen and oxygen atoms in total. The number of ether oxygens (including phenoxy) is 2. The summed E-state index contributed by atoms with van der Waals surface area (Å²) in [5, 5.41) is 8.48. The third-order valence-electron chi connectivity index (χ3n) is 1.54. The van der Waals surface area contributed by atoms with Gasteiger partial charge < -0.3 is 15.2 Å². The van der Waals surface area contributed by atoms with E-state index in [0.717, 1.165) is 0 Å². The first-order chi connectivity index (χ1) is 5.79. The molecule has 1 heterocycles. The highest BCUT2D eigenvalue weighted by atomic mass is 16.7. The van der Waals surface area contributed by atoms with Crippen molar-refractivity contribution < 1.29 is 9.47 Å². The van der Waals surface area contributed by atoms with Crippen LogP contribution in [0.3, 0.4) is 0 Å². The second kappa shape index (κ2) is 2.31. The fraction of sp³-hybridized carbons (Fsp3) is 0.125. The number of nitrogen functional groups attached to an aromatic ring is 1. The van der Waals surface area contributed by atoms with Gasteiger partial charge in [0.1, 0.15) is 0 Å². The zero-order valence-electron chi connectivity index (χ0n) is 6.15. The average molecular weight is 162 g/mol. The highest BCUT2D eigenvalue weighted by Crippen LogP contribution is 2.35. The second-order valence-electron chi connectivity index (χ2n) is 2.40. The largest absolute Gasteiger partial charge is 0.439 e. The fourth-order valence-electron chi connectivity index (χ4n) is 1.02. The van der Waals surface area contributed by atoms with Gasteiger partial charge in [-0.25, -0.2) is 0 Å². The molecule has 0 aromatic heterocycles. The molecule has 0 amide bonds. The van der Waals surface area contributed by atoms with Gasteiger partial charge in [-0.1, -0.05) is 0 Å². The van der Waals surface area contributed by atoms with Gasteiger partial charge in [-0.05, 0) is 12.1 Å². The van der Waals surface area contributed by atoms with Crippen LogP contribution in [0.15, 0.2) is 18.2 Å². The van der Waals surface area contributed by atoms with Crippen molar-refractivity contribution in [1.82, 2.24) is 0 Å². The molecule has 2 rings (SSSR count). The van der Waals surface area contributed by atoms with Crippen LogP contribution in [0, 0.1) is 11.3 Å². The highest BCUT2D eigenvalue weighted by molar-refractivity contribution is 5.53. The number of hydrogen-bond donors (Lipinski definition) is 1. The lowest BCUT2D eigenvalue weighted by molar-refractivity contribution is 0.102. The SMILES string of the molecule is N#CC1Oc2ccc(N)cc2O1. The van der Waals surface area contributed by atoms with E-state index in [4.69, 9.17) is 20.5 Å². The predicted octanol–water partition coefficient (Wildman–Crippen LogP) is 0.890. The van der Waals surface area contributed by atoms with Crippen molar-refractivity contribution in [3.05, 3.63) is 18.2 Å². The first-order valence-electron chi connectivity index (χ1n) is 3.42. The lowest BCUT2D eigenvalue weighted by atomic mass is 10.3. The van der Waals surface area contributed by atoms with Crippen LogP contribution in [-0.2, 0) is 0 Å². The summed E-state index contributed by atoms with van der Waals surface area (Å²) in [6.07, 6.45) is -0.832. The number of fused-ring (bicyclic) bond motifs is 1. The monoisotopic (exact) mass is 162 g/mol. The van der Waals surface area contributed by atoms with E-state index in [2.05, 4.69) is 0 Å². The van der Waals surface area contributed by atoms with Crippen molar-refractivity contribution in [3.8, 4) is 17.6 Å². The van der Waals surface area contributed by atoms with Crippen LogP contribution in [0.5, 0.6) is 11.5 Å². The number of nitrogens with two attached hydrogens (primary N) is 1. The maximum atomic E-state index is 8.48. The third kappa shape index (κ3) is 0.920. The molecule has 1 aromatic carbocycles. The Balaban J connectivity index is 2.37. The van der Waals surface area contributed by atoms with Crippen molar-refractivity contribution in [2.24, 2.45) is 0 Å². The summed E-state index contributed by atoms with van der Waals surface area (Å²) >= 11 is 0. The summed E-state index contributed by atoms with van der Waals surface area (Å²) in [5.41, 5.74) is 6.09. The minimum absolute atomic E-state index is 0.529. The molecule has 0 saturated heterocycles. The minimum Gasteiger partial charge on any atom is -0.439 e. The van der Waals surface area contributed by atoms with E-state index >= 15 is 0 Å². The molecule has 1 aliphatic rings. The van der Waals surface area contributed by atoms with E-state index in [-0.39, 0.29) is 0 Å². The van der Waals surface area contributed by atoms with Crippen molar-refractivity contribution in [2.45, 2.75) is 6.29 Å². The van der Waals surface area contributed by atoms with Crippen LogP contribution in [0.2, 0.25) is 0 Å². The molecule has 0 radical (unpaired) electrons. The van der Waals surface area contributed by atoms with E-state index in [0.29, 0.717) is 17.2 Å². The van der Waals surface area contributed by atoms with E-state index in [9.17, 15) is 0 Å². The Labute approximate surface area is 69.1 Å². The van der Waals surface area contributed by atoms with Crippen molar-refractivity contribution in [2.75, 3.05) is 5.73 Å². The average Bonchev–Trinajstić information content (AvgIpc) is 2.46. The second-order valence-corrected chi connectivity index (χ2v) is 2.40. The lowest BCUT2D eigenvalue weighted by Crippen LogP contribution is -2.14. The molecule has 1 atom stereocenters. The zero-order valence-corrected chi connectivity index (χ0v) is 6.15. The Hall–Kier alpha value is -1.89. The van der Waals surface area contributed by atoms with E-state index < -0.39 is 6.29 Å². The first kappa shape index (κ1) is 6.80. The highest BCUT2D eigenvalue weighted by Gasteiger charge is 2.23. The Bertz CT molecular complexity index is 357. The van der Waals surface area contributed by atoms with Gasteiger partial charge in [0.15, 0.2) is 17.6 Å². The smallest absolute Gasteiger partial charge is 0.331 e. The third-order valence-corrected chi connectivity index (χ3v) is 1.54. The van der Waals surface area contributed by atoms with E-state index in [1.165, 1.54) is 0 Å². The molecule has 60 valence electrons. The van der Waals surface area contributed by atoms with Gasteiger partial charge in [0.25, 0.3) is 0 Å². The molecule has 0 saturated carbocycles.